The zero-order valence-electron chi connectivity index (χ0n) is 12.4. The molecule has 1 heterocycles. The summed E-state index contributed by atoms with van der Waals surface area (Å²) in [6.45, 7) is 3.30. The third-order valence-electron chi connectivity index (χ3n) is 3.98. The second-order valence-corrected chi connectivity index (χ2v) is 7.05. The van der Waals surface area contributed by atoms with Crippen LogP contribution in [0.15, 0.2) is 24.3 Å². The van der Waals surface area contributed by atoms with Crippen LogP contribution in [0.5, 0.6) is 0 Å². The van der Waals surface area contributed by atoms with Crippen LogP contribution < -0.4 is 5.32 Å². The van der Waals surface area contributed by atoms with Crippen molar-refractivity contribution in [2.24, 2.45) is 0 Å². The van der Waals surface area contributed by atoms with E-state index in [1.165, 1.54) is 43.4 Å². The zero-order valence-corrected chi connectivity index (χ0v) is 13.2. The normalized spacial score (nSPS) is 20.8. The Morgan fingerprint density at radius 3 is 2.75 bits per heavy atom. The average molecular weight is 295 g/mol. The minimum Gasteiger partial charge on any atom is -0.309 e. The Hall–Kier alpha value is -0.540. The molecule has 1 aliphatic rings. The Morgan fingerprint density at radius 2 is 2.10 bits per heavy atom. The minimum absolute atomic E-state index is 0.147. The molecule has 2 rings (SSSR count). The van der Waals surface area contributed by atoms with E-state index in [0.717, 1.165) is 18.2 Å². The maximum atomic E-state index is 13.1. The van der Waals surface area contributed by atoms with Gasteiger partial charge in [0.1, 0.15) is 5.82 Å². The van der Waals surface area contributed by atoms with Gasteiger partial charge in [-0.3, -0.25) is 0 Å². The van der Waals surface area contributed by atoms with E-state index in [0.29, 0.717) is 6.04 Å². The first-order valence-electron chi connectivity index (χ1n) is 7.90. The fraction of sp³-hybridized carbons (Fsp3) is 0.647. The van der Waals surface area contributed by atoms with Gasteiger partial charge in [-0.05, 0) is 42.7 Å². The van der Waals surface area contributed by atoms with Crippen LogP contribution in [-0.4, -0.2) is 17.5 Å². The van der Waals surface area contributed by atoms with Crippen molar-refractivity contribution in [1.82, 2.24) is 5.32 Å². The summed E-state index contributed by atoms with van der Waals surface area (Å²) in [5.74, 6) is 1.16. The molecule has 1 saturated heterocycles. The van der Waals surface area contributed by atoms with Gasteiger partial charge < -0.3 is 5.32 Å². The number of benzene rings is 1. The Morgan fingerprint density at radius 1 is 1.30 bits per heavy atom. The molecule has 1 aromatic carbocycles. The summed E-state index contributed by atoms with van der Waals surface area (Å²) >= 11 is 2.10. The fourth-order valence-corrected chi connectivity index (χ4v) is 3.98. The van der Waals surface area contributed by atoms with Gasteiger partial charge in [-0.15, -0.1) is 0 Å². The number of unbranched alkanes of at least 4 members (excludes halogenated alkanes) is 1. The van der Waals surface area contributed by atoms with Gasteiger partial charge in [-0.1, -0.05) is 38.3 Å². The van der Waals surface area contributed by atoms with Crippen molar-refractivity contribution in [3.05, 3.63) is 35.6 Å². The third-order valence-corrected chi connectivity index (χ3v) is 5.38. The standard InChI is InChI=1S/C17H26FNS/c1-2-3-7-17(14-8-10-15(18)11-9-14)19-13-16-6-4-5-12-20-16/h8-11,16-17,19H,2-7,12-13H2,1H3. The monoisotopic (exact) mass is 295 g/mol. The van der Waals surface area contributed by atoms with Crippen molar-refractivity contribution in [3.63, 3.8) is 0 Å². The van der Waals surface area contributed by atoms with Gasteiger partial charge in [0, 0.05) is 17.8 Å². The molecule has 1 N–H and O–H groups in total. The first kappa shape index (κ1) is 15.8. The third kappa shape index (κ3) is 5.10. The fourth-order valence-electron chi connectivity index (χ4n) is 2.73. The van der Waals surface area contributed by atoms with Crippen LogP contribution in [0, 0.1) is 5.82 Å². The van der Waals surface area contributed by atoms with Crippen LogP contribution in [0.3, 0.4) is 0 Å². The quantitative estimate of drug-likeness (QED) is 0.765. The number of hydrogen-bond donors (Lipinski definition) is 1. The van der Waals surface area contributed by atoms with Gasteiger partial charge in [-0.2, -0.15) is 11.8 Å². The predicted octanol–water partition coefficient (Wildman–Crippen LogP) is 4.93. The van der Waals surface area contributed by atoms with Gasteiger partial charge in [0.05, 0.1) is 0 Å². The highest BCUT2D eigenvalue weighted by Crippen LogP contribution is 2.26. The van der Waals surface area contributed by atoms with Crippen molar-refractivity contribution >= 4 is 11.8 Å². The SMILES string of the molecule is CCCCC(NCC1CCCCS1)c1ccc(F)cc1. The molecule has 0 amide bonds. The summed E-state index contributed by atoms with van der Waals surface area (Å²) in [5, 5.41) is 4.47. The summed E-state index contributed by atoms with van der Waals surface area (Å²) in [7, 11) is 0. The summed E-state index contributed by atoms with van der Waals surface area (Å²) in [6, 6.07) is 7.38. The summed E-state index contributed by atoms with van der Waals surface area (Å²) in [4.78, 5) is 0. The zero-order chi connectivity index (χ0) is 14.2. The Balaban J connectivity index is 1.90. The van der Waals surface area contributed by atoms with Crippen molar-refractivity contribution < 1.29 is 4.39 Å². The molecule has 20 heavy (non-hydrogen) atoms. The van der Waals surface area contributed by atoms with Gasteiger partial charge in [0.25, 0.3) is 0 Å². The lowest BCUT2D eigenvalue weighted by Gasteiger charge is -2.25. The lowest BCUT2D eigenvalue weighted by molar-refractivity contribution is 0.469. The van der Waals surface area contributed by atoms with E-state index in [4.69, 9.17) is 0 Å². The van der Waals surface area contributed by atoms with E-state index in [1.54, 1.807) is 12.1 Å². The highest BCUT2D eigenvalue weighted by molar-refractivity contribution is 7.99. The van der Waals surface area contributed by atoms with E-state index < -0.39 is 0 Å². The largest absolute Gasteiger partial charge is 0.309 e. The molecule has 0 spiro atoms. The molecule has 2 atom stereocenters. The summed E-state index contributed by atoms with van der Waals surface area (Å²) < 4.78 is 13.1. The summed E-state index contributed by atoms with van der Waals surface area (Å²) in [6.07, 6.45) is 7.64. The van der Waals surface area contributed by atoms with Crippen LogP contribution in [0.1, 0.15) is 57.1 Å². The lowest BCUT2D eigenvalue weighted by Crippen LogP contribution is -2.30. The second kappa shape index (κ2) is 8.68. The molecule has 1 nitrogen and oxygen atoms in total. The molecule has 3 heteroatoms. The molecule has 0 bridgehead atoms. The molecular formula is C17H26FNS. The Kier molecular flexibility index (Phi) is 6.88. The molecular weight excluding hydrogens is 269 g/mol. The van der Waals surface area contributed by atoms with Gasteiger partial charge >= 0.3 is 0 Å². The smallest absolute Gasteiger partial charge is 0.123 e. The van der Waals surface area contributed by atoms with E-state index >= 15 is 0 Å². The van der Waals surface area contributed by atoms with E-state index in [-0.39, 0.29) is 5.82 Å². The molecule has 0 saturated carbocycles. The molecule has 0 aliphatic carbocycles. The predicted molar refractivity (Wildman–Crippen MR) is 86.8 cm³/mol. The number of thioether (sulfide) groups is 1. The van der Waals surface area contributed by atoms with Crippen molar-refractivity contribution in [3.8, 4) is 0 Å². The second-order valence-electron chi connectivity index (χ2n) is 5.64. The lowest BCUT2D eigenvalue weighted by atomic mass is 10.0. The van der Waals surface area contributed by atoms with Crippen LogP contribution in [0.25, 0.3) is 0 Å². The molecule has 112 valence electrons. The highest BCUT2D eigenvalue weighted by Gasteiger charge is 2.17. The van der Waals surface area contributed by atoms with Crippen molar-refractivity contribution in [2.75, 3.05) is 12.3 Å². The molecule has 0 aromatic heterocycles. The number of rotatable bonds is 7. The van der Waals surface area contributed by atoms with Crippen molar-refractivity contribution in [1.29, 1.82) is 0 Å². The number of nitrogens with one attached hydrogen (secondary N) is 1. The average Bonchev–Trinajstić information content (AvgIpc) is 2.50. The van der Waals surface area contributed by atoms with E-state index in [9.17, 15) is 4.39 Å². The molecule has 1 aliphatic heterocycles. The Labute approximate surface area is 126 Å². The molecule has 1 fully saturated rings. The topological polar surface area (TPSA) is 12.0 Å². The summed E-state index contributed by atoms with van der Waals surface area (Å²) in [5.41, 5.74) is 1.22. The van der Waals surface area contributed by atoms with E-state index in [1.807, 2.05) is 12.1 Å². The van der Waals surface area contributed by atoms with Crippen LogP contribution >= 0.6 is 11.8 Å². The Bertz CT molecular complexity index is 373. The maximum Gasteiger partial charge on any atom is 0.123 e. The number of hydrogen-bond acceptors (Lipinski definition) is 2. The molecule has 2 unspecified atom stereocenters. The van der Waals surface area contributed by atoms with Crippen LogP contribution in [-0.2, 0) is 0 Å². The van der Waals surface area contributed by atoms with Gasteiger partial charge in [-0.25, -0.2) is 4.39 Å². The van der Waals surface area contributed by atoms with Crippen LogP contribution in [0.4, 0.5) is 4.39 Å². The highest BCUT2D eigenvalue weighted by atomic mass is 32.2. The number of halogens is 1. The van der Waals surface area contributed by atoms with Gasteiger partial charge in [0.2, 0.25) is 0 Å². The minimum atomic E-state index is -0.147. The molecule has 0 radical (unpaired) electrons. The molecule has 1 aromatic rings. The first-order valence-corrected chi connectivity index (χ1v) is 8.95. The first-order chi connectivity index (χ1) is 9.79. The van der Waals surface area contributed by atoms with E-state index in [2.05, 4.69) is 24.0 Å². The maximum absolute atomic E-state index is 13.1. The van der Waals surface area contributed by atoms with Gasteiger partial charge in [0.15, 0.2) is 0 Å². The van der Waals surface area contributed by atoms with Crippen molar-refractivity contribution in [2.45, 2.75) is 56.7 Å². The van der Waals surface area contributed by atoms with Crippen LogP contribution in [0.2, 0.25) is 0 Å².